The normalized spacial score (nSPS) is 12.9. The smallest absolute Gasteiger partial charge is 0.255 e. The summed E-state index contributed by atoms with van der Waals surface area (Å²) in [6, 6.07) is 12.1. The Bertz CT molecular complexity index is 1020. The Kier molecular flexibility index (Phi) is 7.47. The Morgan fingerprint density at radius 2 is 1.77 bits per heavy atom. The second-order valence-corrected chi connectivity index (χ2v) is 7.91. The zero-order valence-corrected chi connectivity index (χ0v) is 18.6. The van der Waals surface area contributed by atoms with Crippen molar-refractivity contribution in [1.82, 2.24) is 4.90 Å². The number of nitrogens with one attached hydrogen (secondary N) is 1. The molecule has 1 aliphatic rings. The fourth-order valence-corrected chi connectivity index (χ4v) is 3.59. The van der Waals surface area contributed by atoms with E-state index in [-0.39, 0.29) is 18.2 Å². The minimum absolute atomic E-state index is 0.0146. The van der Waals surface area contributed by atoms with Crippen LogP contribution < -0.4 is 11.1 Å². The third-order valence-electron chi connectivity index (χ3n) is 4.91. The molecule has 0 aromatic heterocycles. The van der Waals surface area contributed by atoms with Crippen LogP contribution in [0.15, 0.2) is 53.0 Å². The van der Waals surface area contributed by atoms with Crippen molar-refractivity contribution < 1.29 is 9.59 Å². The molecule has 2 amide bonds. The Morgan fingerprint density at radius 1 is 1.10 bits per heavy atom. The number of nitrogens with zero attached hydrogens (tertiary/aromatic N) is 2. The van der Waals surface area contributed by atoms with E-state index in [1.54, 1.807) is 42.5 Å². The fraction of sp³-hybridized carbons (Fsp3) is 0.292. The number of halogens is 1. The number of rotatable bonds is 7. The highest BCUT2D eigenvalue weighted by Crippen LogP contribution is 2.29. The van der Waals surface area contributed by atoms with E-state index in [1.807, 2.05) is 11.0 Å². The van der Waals surface area contributed by atoms with Crippen LogP contribution in [0.4, 0.5) is 11.4 Å². The lowest BCUT2D eigenvalue weighted by Crippen LogP contribution is -2.34. The molecule has 0 aliphatic carbocycles. The van der Waals surface area contributed by atoms with Crippen LogP contribution in [0.25, 0.3) is 6.08 Å². The second kappa shape index (κ2) is 10.3. The Labute approximate surface area is 187 Å². The van der Waals surface area contributed by atoms with Crippen molar-refractivity contribution in [3.63, 3.8) is 0 Å². The number of benzene rings is 2. The van der Waals surface area contributed by atoms with Crippen molar-refractivity contribution in [1.29, 1.82) is 0 Å². The number of amidine groups is 1. The summed E-state index contributed by atoms with van der Waals surface area (Å²) in [4.78, 5) is 32.0. The van der Waals surface area contributed by atoms with Crippen molar-refractivity contribution in [2.45, 2.75) is 33.1 Å². The number of anilines is 1. The van der Waals surface area contributed by atoms with Gasteiger partial charge in [-0.3, -0.25) is 9.59 Å². The molecule has 0 radical (unpaired) electrons. The largest absolute Gasteiger partial charge is 0.387 e. The molecule has 3 rings (SSSR count). The average Bonchev–Trinajstić information content (AvgIpc) is 2.92. The van der Waals surface area contributed by atoms with E-state index in [1.165, 1.54) is 0 Å². The monoisotopic (exact) mass is 438 g/mol. The van der Waals surface area contributed by atoms with Crippen molar-refractivity contribution in [2.75, 3.05) is 18.4 Å². The molecule has 2 aromatic rings. The number of hydrogen-bond donors (Lipinski definition) is 2. The molecule has 0 bridgehead atoms. The van der Waals surface area contributed by atoms with Gasteiger partial charge in [-0.2, -0.15) is 0 Å². The van der Waals surface area contributed by atoms with E-state index in [2.05, 4.69) is 24.2 Å². The zero-order chi connectivity index (χ0) is 22.4. The molecule has 0 unspecified atom stereocenters. The van der Waals surface area contributed by atoms with Crippen LogP contribution in [0.2, 0.25) is 5.02 Å². The maximum Gasteiger partial charge on any atom is 0.255 e. The second-order valence-electron chi connectivity index (χ2n) is 7.48. The van der Waals surface area contributed by atoms with Crippen LogP contribution in [0, 0.1) is 0 Å². The number of aliphatic imine (C=N–C) groups is 1. The summed E-state index contributed by atoms with van der Waals surface area (Å²) < 4.78 is 0. The number of carbonyl (C=O) groups excluding carboxylic acids is 2. The van der Waals surface area contributed by atoms with Crippen LogP contribution in [0.5, 0.6) is 0 Å². The van der Waals surface area contributed by atoms with Crippen LogP contribution >= 0.6 is 11.6 Å². The summed E-state index contributed by atoms with van der Waals surface area (Å²) in [5, 5.41) is 3.43. The van der Waals surface area contributed by atoms with Crippen molar-refractivity contribution in [3.8, 4) is 0 Å². The Hall–Kier alpha value is -3.12. The van der Waals surface area contributed by atoms with E-state index in [0.717, 1.165) is 18.4 Å². The van der Waals surface area contributed by atoms with Crippen molar-refractivity contribution >= 4 is 46.7 Å². The first-order chi connectivity index (χ1) is 14.9. The summed E-state index contributed by atoms with van der Waals surface area (Å²) in [5.41, 5.74) is 9.16. The molecule has 6 nitrogen and oxygen atoms in total. The Balaban J connectivity index is 1.86. The van der Waals surface area contributed by atoms with Gasteiger partial charge in [0.2, 0.25) is 5.91 Å². The molecule has 2 aromatic carbocycles. The average molecular weight is 439 g/mol. The standard InChI is InChI=1S/C24H27ClN4O2/c1-3-11-29(12-4-2)24(31)18-13-16-5-6-17(14-21(16)28-22(26)15-18)23(30)27-20-9-7-19(25)8-10-20/h5-10,13-14H,3-4,11-12,15H2,1-2H3,(H2,26,28)(H,27,30). The fourth-order valence-electron chi connectivity index (χ4n) is 3.46. The van der Waals surface area contributed by atoms with Gasteiger partial charge >= 0.3 is 0 Å². The van der Waals surface area contributed by atoms with E-state index >= 15 is 0 Å². The lowest BCUT2D eigenvalue weighted by Gasteiger charge is -2.22. The van der Waals surface area contributed by atoms with Crippen LogP contribution in [0.3, 0.4) is 0 Å². The zero-order valence-electron chi connectivity index (χ0n) is 17.8. The maximum absolute atomic E-state index is 13.1. The maximum atomic E-state index is 13.1. The lowest BCUT2D eigenvalue weighted by atomic mass is 10.0. The topological polar surface area (TPSA) is 87.8 Å². The first-order valence-corrected chi connectivity index (χ1v) is 10.8. The number of amides is 2. The van der Waals surface area contributed by atoms with Gasteiger partial charge < -0.3 is 16.0 Å². The highest BCUT2D eigenvalue weighted by atomic mass is 35.5. The van der Waals surface area contributed by atoms with Gasteiger partial charge in [0.1, 0.15) is 5.84 Å². The first-order valence-electron chi connectivity index (χ1n) is 10.4. The van der Waals surface area contributed by atoms with Gasteiger partial charge in [0.25, 0.3) is 5.91 Å². The molecule has 0 atom stereocenters. The molecule has 1 aliphatic heterocycles. The molecule has 0 fully saturated rings. The lowest BCUT2D eigenvalue weighted by molar-refractivity contribution is -0.127. The van der Waals surface area contributed by atoms with Crippen molar-refractivity contribution in [3.05, 3.63) is 64.2 Å². The van der Waals surface area contributed by atoms with E-state index in [4.69, 9.17) is 17.3 Å². The van der Waals surface area contributed by atoms with Crippen LogP contribution in [-0.2, 0) is 4.79 Å². The molecule has 0 saturated heterocycles. The molecule has 162 valence electrons. The molecule has 7 heteroatoms. The van der Waals surface area contributed by atoms with Crippen molar-refractivity contribution in [2.24, 2.45) is 10.7 Å². The summed E-state index contributed by atoms with van der Waals surface area (Å²) in [7, 11) is 0. The summed E-state index contributed by atoms with van der Waals surface area (Å²) in [6.07, 6.45) is 3.90. The van der Waals surface area contributed by atoms with Gasteiger partial charge in [0.05, 0.1) is 5.69 Å². The molecule has 0 spiro atoms. The molecule has 3 N–H and O–H groups in total. The summed E-state index contributed by atoms with van der Waals surface area (Å²) in [6.45, 7) is 5.52. The molecule has 31 heavy (non-hydrogen) atoms. The first kappa shape index (κ1) is 22.6. The van der Waals surface area contributed by atoms with Gasteiger partial charge in [0.15, 0.2) is 0 Å². The van der Waals surface area contributed by atoms with Gasteiger partial charge in [-0.1, -0.05) is 31.5 Å². The third-order valence-corrected chi connectivity index (χ3v) is 5.16. The number of nitrogens with two attached hydrogens (primary N) is 1. The van der Waals surface area contributed by atoms with E-state index < -0.39 is 0 Å². The van der Waals surface area contributed by atoms with Crippen LogP contribution in [0.1, 0.15) is 49.0 Å². The van der Waals surface area contributed by atoms with E-state index in [9.17, 15) is 9.59 Å². The highest BCUT2D eigenvalue weighted by Gasteiger charge is 2.21. The summed E-state index contributed by atoms with van der Waals surface area (Å²) in [5.74, 6) is 0.0706. The molecule has 0 saturated carbocycles. The molecule has 1 heterocycles. The van der Waals surface area contributed by atoms with Gasteiger partial charge in [-0.25, -0.2) is 4.99 Å². The third kappa shape index (κ3) is 5.73. The molecular weight excluding hydrogens is 412 g/mol. The summed E-state index contributed by atoms with van der Waals surface area (Å²) >= 11 is 5.89. The number of hydrogen-bond acceptors (Lipinski definition) is 4. The SMILES string of the molecule is CCCN(CCC)C(=O)C1=Cc2ccc(C(=O)Nc3ccc(Cl)cc3)cc2N=C(N)C1. The van der Waals surface area contributed by atoms with Gasteiger partial charge in [-0.15, -0.1) is 0 Å². The minimum Gasteiger partial charge on any atom is -0.387 e. The van der Waals surface area contributed by atoms with Crippen LogP contribution in [-0.4, -0.2) is 35.6 Å². The number of carbonyl (C=O) groups is 2. The van der Waals surface area contributed by atoms with Gasteiger partial charge in [0, 0.05) is 46.9 Å². The predicted molar refractivity (Wildman–Crippen MR) is 127 cm³/mol. The quantitative estimate of drug-likeness (QED) is 0.636. The van der Waals surface area contributed by atoms with E-state index in [0.29, 0.717) is 46.5 Å². The minimum atomic E-state index is -0.263. The Morgan fingerprint density at radius 3 is 2.42 bits per heavy atom. The predicted octanol–water partition coefficient (Wildman–Crippen LogP) is 5.02. The highest BCUT2D eigenvalue weighted by molar-refractivity contribution is 6.30. The van der Waals surface area contributed by atoms with Gasteiger partial charge in [-0.05, 0) is 55.3 Å². The number of fused-ring (bicyclic) bond motifs is 1. The molecular formula is C24H27ClN4O2.